The van der Waals surface area contributed by atoms with E-state index in [1.54, 1.807) is 6.07 Å². The van der Waals surface area contributed by atoms with Gasteiger partial charge in [-0.3, -0.25) is 10.1 Å². The van der Waals surface area contributed by atoms with Crippen molar-refractivity contribution in [3.8, 4) is 0 Å². The van der Waals surface area contributed by atoms with Gasteiger partial charge < -0.3 is 0 Å². The summed E-state index contributed by atoms with van der Waals surface area (Å²) in [5.74, 6) is 0.523. The highest BCUT2D eigenvalue weighted by molar-refractivity contribution is 7.80. The second-order valence-corrected chi connectivity index (χ2v) is 6.26. The van der Waals surface area contributed by atoms with Gasteiger partial charge in [-0.15, -0.1) is 35.3 Å². The quantitative estimate of drug-likeness (QED) is 0.844. The first-order valence-corrected chi connectivity index (χ1v) is 7.47. The van der Waals surface area contributed by atoms with E-state index >= 15 is 0 Å². The van der Waals surface area contributed by atoms with Crippen LogP contribution in [0.3, 0.4) is 0 Å². The molecule has 3 rings (SSSR count). The first-order chi connectivity index (χ1) is 8.22. The minimum atomic E-state index is -0.105. The van der Waals surface area contributed by atoms with Crippen molar-refractivity contribution in [3.63, 3.8) is 0 Å². The maximum Gasteiger partial charge on any atom is 0.267 e. The van der Waals surface area contributed by atoms with Crippen molar-refractivity contribution >= 4 is 46.3 Å². The van der Waals surface area contributed by atoms with Crippen molar-refractivity contribution in [3.05, 3.63) is 27.4 Å². The number of hydrogen-bond acceptors (Lipinski definition) is 5. The van der Waals surface area contributed by atoms with E-state index in [4.69, 9.17) is 0 Å². The van der Waals surface area contributed by atoms with Crippen molar-refractivity contribution < 1.29 is 4.79 Å². The molecule has 1 aliphatic rings. The van der Waals surface area contributed by atoms with Gasteiger partial charge in [0.25, 0.3) is 5.91 Å². The Bertz CT molecular complexity index is 557. The number of nitrogens with one attached hydrogen (secondary N) is 1. The summed E-state index contributed by atoms with van der Waals surface area (Å²) in [4.78, 5) is 17.8. The van der Waals surface area contributed by atoms with Crippen LogP contribution >= 0.6 is 35.3 Å². The van der Waals surface area contributed by atoms with Crippen LogP contribution in [-0.2, 0) is 0 Å². The number of thiazole rings is 1. The van der Waals surface area contributed by atoms with Crippen LogP contribution in [0.2, 0.25) is 0 Å². The Morgan fingerprint density at radius 1 is 1.41 bits per heavy atom. The summed E-state index contributed by atoms with van der Waals surface area (Å²) < 4.78 is 0. The number of thiol groups is 1. The van der Waals surface area contributed by atoms with E-state index in [1.165, 1.54) is 35.5 Å². The van der Waals surface area contributed by atoms with Crippen molar-refractivity contribution in [2.75, 3.05) is 5.32 Å². The van der Waals surface area contributed by atoms with E-state index in [2.05, 4.69) is 22.9 Å². The Kier molecular flexibility index (Phi) is 2.94. The van der Waals surface area contributed by atoms with Gasteiger partial charge in [-0.2, -0.15) is 0 Å². The summed E-state index contributed by atoms with van der Waals surface area (Å²) in [7, 11) is 0. The number of amides is 1. The molecular formula is C11H10N2OS3. The minimum Gasteiger partial charge on any atom is -0.297 e. The van der Waals surface area contributed by atoms with Gasteiger partial charge in [0, 0.05) is 21.6 Å². The van der Waals surface area contributed by atoms with Crippen LogP contribution in [0.15, 0.2) is 21.7 Å². The lowest BCUT2D eigenvalue weighted by Gasteiger charge is -1.97. The highest BCUT2D eigenvalue weighted by Gasteiger charge is 2.26. The van der Waals surface area contributed by atoms with Crippen LogP contribution in [-0.4, -0.2) is 10.9 Å². The molecule has 0 radical (unpaired) electrons. The van der Waals surface area contributed by atoms with Crippen LogP contribution in [0.1, 0.15) is 34.1 Å². The molecule has 2 aromatic heterocycles. The van der Waals surface area contributed by atoms with Crippen LogP contribution in [0.4, 0.5) is 5.13 Å². The largest absolute Gasteiger partial charge is 0.297 e. The summed E-state index contributed by atoms with van der Waals surface area (Å²) in [6, 6.07) is 1.76. The normalized spacial score (nSPS) is 14.9. The van der Waals surface area contributed by atoms with Gasteiger partial charge in [-0.05, 0) is 18.9 Å². The van der Waals surface area contributed by atoms with Crippen LogP contribution < -0.4 is 5.32 Å². The fraction of sp³-hybridized carbons (Fsp3) is 0.273. The lowest BCUT2D eigenvalue weighted by atomic mass is 10.3. The Hall–Kier alpha value is -0.850. The van der Waals surface area contributed by atoms with E-state index < -0.39 is 0 Å². The zero-order valence-electron chi connectivity index (χ0n) is 8.84. The molecule has 0 bridgehead atoms. The van der Waals surface area contributed by atoms with Gasteiger partial charge in [0.1, 0.15) is 0 Å². The van der Waals surface area contributed by atoms with Crippen molar-refractivity contribution in [2.45, 2.75) is 23.7 Å². The minimum absolute atomic E-state index is 0.105. The van der Waals surface area contributed by atoms with Gasteiger partial charge in [0.15, 0.2) is 5.13 Å². The molecule has 0 unspecified atom stereocenters. The second-order valence-electron chi connectivity index (χ2n) is 3.98. The number of carbonyl (C=O) groups is 1. The number of nitrogens with zero attached hydrogens (tertiary/aromatic N) is 1. The molecule has 3 nitrogen and oxygen atoms in total. The number of rotatable bonds is 3. The van der Waals surface area contributed by atoms with Gasteiger partial charge >= 0.3 is 0 Å². The van der Waals surface area contributed by atoms with Crippen molar-refractivity contribution in [1.82, 2.24) is 4.98 Å². The third-order valence-corrected chi connectivity index (χ3v) is 4.69. The monoisotopic (exact) mass is 282 g/mol. The average Bonchev–Trinajstić information content (AvgIpc) is 2.90. The Labute approximate surface area is 112 Å². The SMILES string of the molecule is O=C(Nc1nc(C2CC2)cs1)c1cc(S)cs1. The lowest BCUT2D eigenvalue weighted by Crippen LogP contribution is -2.09. The number of anilines is 1. The fourth-order valence-corrected chi connectivity index (χ4v) is 3.34. The molecule has 17 heavy (non-hydrogen) atoms. The summed E-state index contributed by atoms with van der Waals surface area (Å²) in [5, 5.41) is 7.38. The van der Waals surface area contributed by atoms with Crippen LogP contribution in [0.25, 0.3) is 0 Å². The maximum absolute atomic E-state index is 11.9. The van der Waals surface area contributed by atoms with E-state index in [0.29, 0.717) is 15.9 Å². The van der Waals surface area contributed by atoms with Gasteiger partial charge in [0.05, 0.1) is 10.6 Å². The first-order valence-electron chi connectivity index (χ1n) is 5.26. The third-order valence-electron chi connectivity index (χ3n) is 2.55. The summed E-state index contributed by atoms with van der Waals surface area (Å²) in [6.07, 6.45) is 2.45. The van der Waals surface area contributed by atoms with E-state index in [9.17, 15) is 4.79 Å². The predicted octanol–water partition coefficient (Wildman–Crippen LogP) is 3.62. The topological polar surface area (TPSA) is 42.0 Å². The number of hydrogen-bond donors (Lipinski definition) is 2. The summed E-state index contributed by atoms with van der Waals surface area (Å²) in [5.41, 5.74) is 1.12. The number of aromatic nitrogens is 1. The molecule has 1 saturated carbocycles. The number of thiophene rings is 1. The van der Waals surface area contributed by atoms with Gasteiger partial charge in [0.2, 0.25) is 0 Å². The molecular weight excluding hydrogens is 272 g/mol. The standard InChI is InChI=1S/C11H10N2OS3/c14-10(9-3-7(15)4-16-9)13-11-12-8(5-17-11)6-1-2-6/h3-6,15H,1-2H2,(H,12,13,14). The van der Waals surface area contributed by atoms with Gasteiger partial charge in [-0.1, -0.05) is 0 Å². The van der Waals surface area contributed by atoms with Gasteiger partial charge in [-0.25, -0.2) is 4.98 Å². The highest BCUT2D eigenvalue weighted by Crippen LogP contribution is 2.40. The van der Waals surface area contributed by atoms with Crippen molar-refractivity contribution in [1.29, 1.82) is 0 Å². The highest BCUT2D eigenvalue weighted by atomic mass is 32.1. The molecule has 1 N–H and O–H groups in total. The summed E-state index contributed by atoms with van der Waals surface area (Å²) in [6.45, 7) is 0. The van der Waals surface area contributed by atoms with E-state index in [0.717, 1.165) is 10.6 Å². The van der Waals surface area contributed by atoms with Crippen molar-refractivity contribution in [2.24, 2.45) is 0 Å². The molecule has 0 spiro atoms. The molecule has 0 saturated heterocycles. The second kappa shape index (κ2) is 4.44. The molecule has 1 amide bonds. The Morgan fingerprint density at radius 2 is 2.24 bits per heavy atom. The fourth-order valence-electron chi connectivity index (χ4n) is 1.51. The first kappa shape index (κ1) is 11.3. The van der Waals surface area contributed by atoms with Crippen LogP contribution in [0.5, 0.6) is 0 Å². The molecule has 6 heteroatoms. The third kappa shape index (κ3) is 2.53. The summed E-state index contributed by atoms with van der Waals surface area (Å²) >= 11 is 7.06. The molecule has 2 heterocycles. The predicted molar refractivity (Wildman–Crippen MR) is 73.6 cm³/mol. The molecule has 0 aromatic carbocycles. The number of carbonyl (C=O) groups excluding carboxylic acids is 1. The molecule has 0 atom stereocenters. The maximum atomic E-state index is 11.9. The molecule has 0 aliphatic heterocycles. The van der Waals surface area contributed by atoms with E-state index in [1.807, 2.05) is 10.8 Å². The Morgan fingerprint density at radius 3 is 2.88 bits per heavy atom. The smallest absolute Gasteiger partial charge is 0.267 e. The zero-order chi connectivity index (χ0) is 11.8. The average molecular weight is 282 g/mol. The molecule has 1 fully saturated rings. The lowest BCUT2D eigenvalue weighted by molar-refractivity contribution is 0.103. The molecule has 1 aliphatic carbocycles. The van der Waals surface area contributed by atoms with Crippen LogP contribution in [0, 0.1) is 0 Å². The van der Waals surface area contributed by atoms with E-state index in [-0.39, 0.29) is 5.91 Å². The molecule has 88 valence electrons. The Balaban J connectivity index is 1.71. The molecule has 2 aromatic rings. The zero-order valence-corrected chi connectivity index (χ0v) is 11.4.